The average Bonchev–Trinajstić information content (AvgIpc) is 2.39. The van der Waals surface area contributed by atoms with Crippen LogP contribution in [0.3, 0.4) is 0 Å². The first-order valence-corrected chi connectivity index (χ1v) is 6.36. The monoisotopic (exact) mass is 244 g/mol. The van der Waals surface area contributed by atoms with Gasteiger partial charge in [-0.05, 0) is 23.9 Å². The lowest BCUT2D eigenvalue weighted by Crippen LogP contribution is -2.11. The van der Waals surface area contributed by atoms with Gasteiger partial charge in [0, 0.05) is 16.9 Å². The van der Waals surface area contributed by atoms with Crippen LogP contribution in [-0.4, -0.2) is 5.78 Å². The maximum atomic E-state index is 13.7. The number of carbonyl (C=O) groups excluding carboxylic acids is 1. The molecule has 0 bridgehead atoms. The Morgan fingerprint density at radius 1 is 1.17 bits per heavy atom. The van der Waals surface area contributed by atoms with E-state index in [4.69, 9.17) is 0 Å². The zero-order valence-electron chi connectivity index (χ0n) is 10.7. The van der Waals surface area contributed by atoms with Gasteiger partial charge in [0.2, 0.25) is 0 Å². The third-order valence-corrected chi connectivity index (χ3v) is 3.31. The predicted molar refractivity (Wildman–Crippen MR) is 72.3 cm³/mol. The van der Waals surface area contributed by atoms with E-state index in [1.807, 2.05) is 19.1 Å². The van der Waals surface area contributed by atoms with Crippen molar-refractivity contribution in [2.45, 2.75) is 26.7 Å². The third kappa shape index (κ3) is 2.28. The molecule has 0 heterocycles. The van der Waals surface area contributed by atoms with Crippen LogP contribution in [-0.2, 0) is 0 Å². The standard InChI is InChI=1S/C16H17FO/c1-3-6-11(2)16(18)14-9-10-15(17)13-8-5-4-7-12(13)14/h4-5,7-11H,3,6H2,1-2H3. The van der Waals surface area contributed by atoms with Crippen LogP contribution in [0, 0.1) is 11.7 Å². The van der Waals surface area contributed by atoms with Crippen LogP contribution < -0.4 is 0 Å². The molecular weight excluding hydrogens is 227 g/mol. The molecule has 0 spiro atoms. The van der Waals surface area contributed by atoms with Crippen LogP contribution in [0.5, 0.6) is 0 Å². The number of halogens is 1. The second-order valence-electron chi connectivity index (χ2n) is 4.69. The quantitative estimate of drug-likeness (QED) is 0.718. The molecular formula is C16H17FO. The number of carbonyl (C=O) groups is 1. The van der Waals surface area contributed by atoms with E-state index < -0.39 is 0 Å². The third-order valence-electron chi connectivity index (χ3n) is 3.31. The molecule has 0 aliphatic carbocycles. The maximum Gasteiger partial charge on any atom is 0.166 e. The summed E-state index contributed by atoms with van der Waals surface area (Å²) in [7, 11) is 0. The first kappa shape index (κ1) is 12.7. The first-order chi connectivity index (χ1) is 8.65. The van der Waals surface area contributed by atoms with Crippen molar-refractivity contribution in [3.8, 4) is 0 Å². The van der Waals surface area contributed by atoms with Gasteiger partial charge in [-0.25, -0.2) is 4.39 Å². The van der Waals surface area contributed by atoms with Crippen molar-refractivity contribution in [1.29, 1.82) is 0 Å². The molecule has 0 radical (unpaired) electrons. The van der Waals surface area contributed by atoms with E-state index in [9.17, 15) is 9.18 Å². The van der Waals surface area contributed by atoms with E-state index in [0.29, 0.717) is 16.3 Å². The molecule has 94 valence electrons. The van der Waals surface area contributed by atoms with E-state index in [0.717, 1.165) is 12.8 Å². The minimum Gasteiger partial charge on any atom is -0.294 e. The Balaban J connectivity index is 2.52. The second kappa shape index (κ2) is 5.30. The molecule has 18 heavy (non-hydrogen) atoms. The zero-order chi connectivity index (χ0) is 13.1. The summed E-state index contributed by atoms with van der Waals surface area (Å²) in [6.07, 6.45) is 1.84. The van der Waals surface area contributed by atoms with Gasteiger partial charge in [0.25, 0.3) is 0 Å². The van der Waals surface area contributed by atoms with Crippen molar-refractivity contribution in [3.63, 3.8) is 0 Å². The Bertz CT molecular complexity index is 574. The van der Waals surface area contributed by atoms with Gasteiger partial charge in [0.15, 0.2) is 5.78 Å². The Morgan fingerprint density at radius 2 is 1.83 bits per heavy atom. The number of benzene rings is 2. The van der Waals surface area contributed by atoms with Crippen LogP contribution in [0.15, 0.2) is 36.4 Å². The lowest BCUT2D eigenvalue weighted by Gasteiger charge is -2.11. The minimum atomic E-state index is -0.273. The molecule has 1 unspecified atom stereocenters. The number of ketones is 1. The molecule has 1 nitrogen and oxygen atoms in total. The van der Waals surface area contributed by atoms with Gasteiger partial charge in [0.1, 0.15) is 5.82 Å². The fraction of sp³-hybridized carbons (Fsp3) is 0.312. The molecule has 0 aliphatic heterocycles. The maximum absolute atomic E-state index is 13.7. The Kier molecular flexibility index (Phi) is 3.75. The zero-order valence-corrected chi connectivity index (χ0v) is 10.7. The Hall–Kier alpha value is -1.70. The molecule has 0 N–H and O–H groups in total. The van der Waals surface area contributed by atoms with Gasteiger partial charge in [0.05, 0.1) is 0 Å². The van der Waals surface area contributed by atoms with E-state index in [2.05, 4.69) is 6.92 Å². The van der Waals surface area contributed by atoms with Crippen molar-refractivity contribution in [3.05, 3.63) is 47.8 Å². The molecule has 0 amide bonds. The Morgan fingerprint density at radius 3 is 2.50 bits per heavy atom. The van der Waals surface area contributed by atoms with Crippen LogP contribution in [0.4, 0.5) is 4.39 Å². The van der Waals surface area contributed by atoms with Crippen molar-refractivity contribution >= 4 is 16.6 Å². The van der Waals surface area contributed by atoms with Gasteiger partial charge in [-0.2, -0.15) is 0 Å². The van der Waals surface area contributed by atoms with Crippen molar-refractivity contribution in [2.75, 3.05) is 0 Å². The fourth-order valence-corrected chi connectivity index (χ4v) is 2.31. The van der Waals surface area contributed by atoms with E-state index in [1.165, 1.54) is 6.07 Å². The largest absolute Gasteiger partial charge is 0.294 e. The number of Topliss-reactive ketones (excluding diaryl/α,β-unsaturated/α-hetero) is 1. The van der Waals surface area contributed by atoms with Crippen LogP contribution in [0.1, 0.15) is 37.0 Å². The summed E-state index contributed by atoms with van der Waals surface area (Å²) in [6, 6.07) is 10.1. The molecule has 1 atom stereocenters. The summed E-state index contributed by atoms with van der Waals surface area (Å²) in [6.45, 7) is 4.00. The van der Waals surface area contributed by atoms with Crippen molar-refractivity contribution < 1.29 is 9.18 Å². The van der Waals surface area contributed by atoms with Crippen molar-refractivity contribution in [1.82, 2.24) is 0 Å². The normalized spacial score (nSPS) is 12.6. The molecule has 0 fully saturated rings. The highest BCUT2D eigenvalue weighted by atomic mass is 19.1. The SMILES string of the molecule is CCCC(C)C(=O)c1ccc(F)c2ccccc12. The summed E-state index contributed by atoms with van der Waals surface area (Å²) in [5, 5.41) is 1.23. The van der Waals surface area contributed by atoms with E-state index >= 15 is 0 Å². The number of hydrogen-bond acceptors (Lipinski definition) is 1. The molecule has 2 heteroatoms. The van der Waals surface area contributed by atoms with Gasteiger partial charge in [-0.3, -0.25) is 4.79 Å². The van der Waals surface area contributed by atoms with Crippen LogP contribution in [0.25, 0.3) is 10.8 Å². The summed E-state index contributed by atoms with van der Waals surface area (Å²) in [5.74, 6) is -0.179. The van der Waals surface area contributed by atoms with Gasteiger partial charge in [-0.1, -0.05) is 44.5 Å². The molecule has 0 saturated heterocycles. The highest BCUT2D eigenvalue weighted by Gasteiger charge is 2.17. The van der Waals surface area contributed by atoms with Crippen LogP contribution >= 0.6 is 0 Å². The van der Waals surface area contributed by atoms with Crippen LogP contribution in [0.2, 0.25) is 0 Å². The molecule has 2 rings (SSSR count). The van der Waals surface area contributed by atoms with Crippen molar-refractivity contribution in [2.24, 2.45) is 5.92 Å². The lowest BCUT2D eigenvalue weighted by molar-refractivity contribution is 0.0925. The number of rotatable bonds is 4. The lowest BCUT2D eigenvalue weighted by atomic mass is 9.92. The van der Waals surface area contributed by atoms with Gasteiger partial charge < -0.3 is 0 Å². The fourth-order valence-electron chi connectivity index (χ4n) is 2.31. The highest BCUT2D eigenvalue weighted by molar-refractivity contribution is 6.09. The van der Waals surface area contributed by atoms with Gasteiger partial charge >= 0.3 is 0 Å². The first-order valence-electron chi connectivity index (χ1n) is 6.36. The van der Waals surface area contributed by atoms with E-state index in [1.54, 1.807) is 18.2 Å². The molecule has 0 aromatic heterocycles. The number of hydrogen-bond donors (Lipinski definition) is 0. The summed E-state index contributed by atoms with van der Waals surface area (Å²) < 4.78 is 13.7. The van der Waals surface area contributed by atoms with Gasteiger partial charge in [-0.15, -0.1) is 0 Å². The molecule has 2 aromatic rings. The average molecular weight is 244 g/mol. The second-order valence-corrected chi connectivity index (χ2v) is 4.69. The molecule has 0 aliphatic rings. The Labute approximate surface area is 107 Å². The summed E-state index contributed by atoms with van der Waals surface area (Å²) in [5.41, 5.74) is 0.632. The summed E-state index contributed by atoms with van der Waals surface area (Å²) >= 11 is 0. The minimum absolute atomic E-state index is 0.0103. The molecule has 2 aromatic carbocycles. The summed E-state index contributed by atoms with van der Waals surface area (Å²) in [4.78, 5) is 12.3. The predicted octanol–water partition coefficient (Wildman–Crippen LogP) is 4.60. The molecule has 0 saturated carbocycles. The van der Waals surface area contributed by atoms with E-state index in [-0.39, 0.29) is 17.5 Å². The smallest absolute Gasteiger partial charge is 0.166 e. The number of fused-ring (bicyclic) bond motifs is 1. The highest BCUT2D eigenvalue weighted by Crippen LogP contribution is 2.25. The topological polar surface area (TPSA) is 17.1 Å².